The van der Waals surface area contributed by atoms with Crippen molar-refractivity contribution in [1.82, 2.24) is 0 Å². The Morgan fingerprint density at radius 3 is 2.39 bits per heavy atom. The first-order valence-corrected chi connectivity index (χ1v) is 8.16. The molecule has 3 aromatic rings. The predicted octanol–water partition coefficient (Wildman–Crippen LogP) is 4.82. The molecule has 1 nitrogen and oxygen atoms in total. The molecule has 1 aliphatic heterocycles. The van der Waals surface area contributed by atoms with Gasteiger partial charge in [-0.15, -0.1) is 0 Å². The molecule has 110 valence electrons. The van der Waals surface area contributed by atoms with E-state index in [-0.39, 0.29) is 0 Å². The zero-order chi connectivity index (χ0) is 15.6. The van der Waals surface area contributed by atoms with Gasteiger partial charge in [-0.2, -0.15) is 4.57 Å². The summed E-state index contributed by atoms with van der Waals surface area (Å²) in [5, 5.41) is 0. The number of rotatable bonds is 1. The van der Waals surface area contributed by atoms with Crippen molar-refractivity contribution in [3.63, 3.8) is 0 Å². The molecule has 1 aliphatic carbocycles. The molecule has 0 bridgehead atoms. The lowest BCUT2D eigenvalue weighted by atomic mass is 9.94. The van der Waals surface area contributed by atoms with E-state index in [1.54, 1.807) is 0 Å². The molecule has 0 amide bonds. The zero-order valence-corrected chi connectivity index (χ0v) is 13.2. The topological polar surface area (TPSA) is 3.88 Å². The quantitative estimate of drug-likeness (QED) is 0.447. The largest absolute Gasteiger partial charge is 0.213 e. The first kappa shape index (κ1) is 12.8. The van der Waals surface area contributed by atoms with Gasteiger partial charge in [0.15, 0.2) is 11.7 Å². The van der Waals surface area contributed by atoms with Crippen LogP contribution in [0.3, 0.4) is 0 Å². The van der Waals surface area contributed by atoms with E-state index in [1.807, 2.05) is 0 Å². The molecule has 1 heteroatoms. The first-order valence-electron chi connectivity index (χ1n) is 8.16. The summed E-state index contributed by atoms with van der Waals surface area (Å²) in [6.45, 7) is 6.57. The van der Waals surface area contributed by atoms with Crippen molar-refractivity contribution in [2.45, 2.75) is 18.9 Å². The Morgan fingerprint density at radius 2 is 1.57 bits per heavy atom. The summed E-state index contributed by atoms with van der Waals surface area (Å²) < 4.78 is 2.50. The Morgan fingerprint density at radius 1 is 0.826 bits per heavy atom. The highest BCUT2D eigenvalue weighted by Gasteiger charge is 2.57. The predicted molar refractivity (Wildman–Crippen MR) is 93.2 cm³/mol. The molecule has 1 aromatic heterocycles. The van der Waals surface area contributed by atoms with E-state index in [0.29, 0.717) is 12.0 Å². The standard InChI is InChI=1S/C22H18N/c1-14-21-19-11-7-6-10-18(19)20-13-12-17(15(2)23(20)22(14)21)16-8-4-3-5-9-16/h3-13,21-22H,1H2,2H3/q+1. The van der Waals surface area contributed by atoms with E-state index in [9.17, 15) is 0 Å². The fraction of sp³-hybridized carbons (Fsp3) is 0.136. The monoisotopic (exact) mass is 296 g/mol. The fourth-order valence-corrected chi connectivity index (χ4v) is 4.16. The number of hydrogen-bond acceptors (Lipinski definition) is 0. The van der Waals surface area contributed by atoms with Gasteiger partial charge in [0.05, 0.1) is 11.5 Å². The smallest absolute Gasteiger partial charge is 0.188 e. The summed E-state index contributed by atoms with van der Waals surface area (Å²) in [6.07, 6.45) is 0. The van der Waals surface area contributed by atoms with Gasteiger partial charge in [0.2, 0.25) is 5.69 Å². The number of allylic oxidation sites excluding steroid dienone is 1. The van der Waals surface area contributed by atoms with Crippen LogP contribution in [0.25, 0.3) is 22.4 Å². The number of hydrogen-bond donors (Lipinski definition) is 0. The van der Waals surface area contributed by atoms with E-state index in [0.717, 1.165) is 0 Å². The second-order valence-electron chi connectivity index (χ2n) is 6.54. The van der Waals surface area contributed by atoms with Crippen molar-refractivity contribution in [2.75, 3.05) is 0 Å². The van der Waals surface area contributed by atoms with E-state index in [4.69, 9.17) is 0 Å². The maximum absolute atomic E-state index is 4.33. The summed E-state index contributed by atoms with van der Waals surface area (Å²) >= 11 is 0. The highest BCUT2D eigenvalue weighted by Crippen LogP contribution is 2.58. The van der Waals surface area contributed by atoms with Gasteiger partial charge in [-0.3, -0.25) is 0 Å². The summed E-state index contributed by atoms with van der Waals surface area (Å²) in [5.41, 5.74) is 9.38. The molecule has 1 saturated carbocycles. The molecule has 2 aromatic carbocycles. The number of aromatic nitrogens is 1. The van der Waals surface area contributed by atoms with Crippen LogP contribution in [-0.2, 0) is 0 Å². The third kappa shape index (κ3) is 1.65. The van der Waals surface area contributed by atoms with Crippen LogP contribution in [0.4, 0.5) is 0 Å². The number of benzene rings is 2. The van der Waals surface area contributed by atoms with Gasteiger partial charge in [0.25, 0.3) is 0 Å². The molecule has 0 N–H and O–H groups in total. The van der Waals surface area contributed by atoms with Gasteiger partial charge in [0, 0.05) is 24.1 Å². The lowest BCUT2D eigenvalue weighted by molar-refractivity contribution is -0.694. The van der Waals surface area contributed by atoms with Crippen molar-refractivity contribution < 1.29 is 4.57 Å². The molecule has 2 aliphatic rings. The molecule has 0 radical (unpaired) electrons. The molecular formula is C22H18N+. The van der Waals surface area contributed by atoms with Crippen molar-refractivity contribution in [3.8, 4) is 22.4 Å². The van der Waals surface area contributed by atoms with Crippen LogP contribution in [0.2, 0.25) is 0 Å². The van der Waals surface area contributed by atoms with Crippen LogP contribution in [0.15, 0.2) is 78.9 Å². The van der Waals surface area contributed by atoms with Crippen LogP contribution in [0.5, 0.6) is 0 Å². The molecule has 2 heterocycles. The van der Waals surface area contributed by atoms with Crippen molar-refractivity contribution in [1.29, 1.82) is 0 Å². The molecule has 23 heavy (non-hydrogen) atoms. The Bertz CT molecular complexity index is 953. The van der Waals surface area contributed by atoms with E-state index in [1.165, 1.54) is 39.2 Å². The second kappa shape index (κ2) is 4.42. The van der Waals surface area contributed by atoms with E-state index < -0.39 is 0 Å². The van der Waals surface area contributed by atoms with Crippen LogP contribution >= 0.6 is 0 Å². The first-order chi connectivity index (χ1) is 11.3. The average molecular weight is 296 g/mol. The second-order valence-corrected chi connectivity index (χ2v) is 6.54. The lowest BCUT2D eigenvalue weighted by Crippen LogP contribution is -2.41. The maximum Gasteiger partial charge on any atom is 0.213 e. The van der Waals surface area contributed by atoms with Crippen LogP contribution in [0.1, 0.15) is 23.2 Å². The van der Waals surface area contributed by atoms with Crippen LogP contribution in [-0.4, -0.2) is 0 Å². The maximum atomic E-state index is 4.33. The lowest BCUT2D eigenvalue weighted by Gasteiger charge is -2.16. The average Bonchev–Trinajstić information content (AvgIpc) is 3.27. The summed E-state index contributed by atoms with van der Waals surface area (Å²) in [4.78, 5) is 0. The number of nitrogens with zero attached hydrogens (tertiary/aromatic N) is 1. The van der Waals surface area contributed by atoms with Gasteiger partial charge >= 0.3 is 0 Å². The van der Waals surface area contributed by atoms with E-state index >= 15 is 0 Å². The Labute approximate surface area is 136 Å². The van der Waals surface area contributed by atoms with Crippen molar-refractivity contribution in [3.05, 3.63) is 90.1 Å². The summed E-state index contributed by atoms with van der Waals surface area (Å²) in [5.74, 6) is 0.494. The molecule has 0 spiro atoms. The van der Waals surface area contributed by atoms with Gasteiger partial charge < -0.3 is 0 Å². The van der Waals surface area contributed by atoms with Gasteiger partial charge in [0.1, 0.15) is 0 Å². The van der Waals surface area contributed by atoms with Gasteiger partial charge in [-0.1, -0.05) is 55.1 Å². The number of fused-ring (bicyclic) bond motifs is 6. The van der Waals surface area contributed by atoms with E-state index in [2.05, 4.69) is 84.8 Å². The van der Waals surface area contributed by atoms with Gasteiger partial charge in [-0.05, 0) is 23.3 Å². The summed E-state index contributed by atoms with van der Waals surface area (Å²) in [6, 6.07) is 24.4. The highest BCUT2D eigenvalue weighted by atomic mass is 15.1. The summed E-state index contributed by atoms with van der Waals surface area (Å²) in [7, 11) is 0. The van der Waals surface area contributed by atoms with Crippen molar-refractivity contribution in [2.24, 2.45) is 0 Å². The Kier molecular flexibility index (Phi) is 2.47. The fourth-order valence-electron chi connectivity index (χ4n) is 4.16. The number of pyridine rings is 1. The minimum Gasteiger partial charge on any atom is -0.188 e. The van der Waals surface area contributed by atoms with Crippen LogP contribution < -0.4 is 4.57 Å². The Balaban J connectivity index is 1.80. The molecule has 2 unspecified atom stereocenters. The molecule has 5 rings (SSSR count). The SMILES string of the molecule is C=C1C2c3ccccc3-c3ccc(-c4ccccc4)c(C)[n+]3C12. The minimum atomic E-state index is 0.434. The third-order valence-electron chi connectivity index (χ3n) is 5.34. The highest BCUT2D eigenvalue weighted by molar-refractivity contribution is 5.72. The van der Waals surface area contributed by atoms with Crippen molar-refractivity contribution >= 4 is 0 Å². The normalized spacial score (nSPS) is 20.5. The van der Waals surface area contributed by atoms with Crippen LogP contribution in [0, 0.1) is 6.92 Å². The Hall–Kier alpha value is -2.67. The molecule has 0 saturated heterocycles. The molecule has 2 atom stereocenters. The third-order valence-corrected chi connectivity index (χ3v) is 5.34. The molecule has 1 fully saturated rings. The molecular weight excluding hydrogens is 278 g/mol. The zero-order valence-electron chi connectivity index (χ0n) is 13.2. The van der Waals surface area contributed by atoms with Gasteiger partial charge in [-0.25, -0.2) is 0 Å². The minimum absolute atomic E-state index is 0.434.